The first-order valence-electron chi connectivity index (χ1n) is 14.1. The molecule has 0 radical (unpaired) electrons. The highest BCUT2D eigenvalue weighted by molar-refractivity contribution is 6.05. The Balaban J connectivity index is 1.25. The van der Waals surface area contributed by atoms with Crippen LogP contribution in [0.4, 0.5) is 0 Å². The number of nitrogens with one attached hydrogen (secondary N) is 1. The lowest BCUT2D eigenvalue weighted by atomic mass is 9.77. The number of ketones is 1. The van der Waals surface area contributed by atoms with E-state index in [0.29, 0.717) is 18.2 Å². The van der Waals surface area contributed by atoms with Gasteiger partial charge in [-0.05, 0) is 85.4 Å². The molecule has 2 heterocycles. The van der Waals surface area contributed by atoms with Crippen LogP contribution in [0.25, 0.3) is 0 Å². The van der Waals surface area contributed by atoms with Gasteiger partial charge in [0.05, 0.1) is 7.11 Å². The number of esters is 1. The number of carbonyl (C=O) groups excluding carboxylic acids is 3. The van der Waals surface area contributed by atoms with E-state index in [9.17, 15) is 14.4 Å². The number of ether oxygens (including phenoxy) is 2. The zero-order valence-electron chi connectivity index (χ0n) is 22.7. The molecule has 208 valence electrons. The van der Waals surface area contributed by atoms with E-state index < -0.39 is 17.9 Å². The Morgan fingerprint density at radius 3 is 2.51 bits per heavy atom. The minimum atomic E-state index is -0.685. The van der Waals surface area contributed by atoms with Gasteiger partial charge in [0.2, 0.25) is 11.7 Å². The number of methoxy groups -OCH3 is 1. The van der Waals surface area contributed by atoms with E-state index in [-0.39, 0.29) is 25.2 Å². The van der Waals surface area contributed by atoms with Crippen LogP contribution in [-0.2, 0) is 30.5 Å². The third kappa shape index (κ3) is 6.61. The maximum absolute atomic E-state index is 12.8. The first-order valence-corrected chi connectivity index (χ1v) is 14.1. The number of hydrogen-bond acceptors (Lipinski definition) is 7. The molecule has 1 aromatic carbocycles. The number of benzene rings is 1. The number of fused-ring (bicyclic) bond motifs is 1. The van der Waals surface area contributed by atoms with Crippen molar-refractivity contribution in [1.29, 1.82) is 0 Å². The van der Waals surface area contributed by atoms with Gasteiger partial charge < -0.3 is 25.4 Å². The summed E-state index contributed by atoms with van der Waals surface area (Å²) in [5, 5.41) is 3.49. The molecular weight excluding hydrogens is 494 g/mol. The fourth-order valence-corrected chi connectivity index (χ4v) is 6.08. The van der Waals surface area contributed by atoms with Crippen molar-refractivity contribution in [3.05, 3.63) is 70.6 Å². The first-order chi connectivity index (χ1) is 18.9. The van der Waals surface area contributed by atoms with Gasteiger partial charge in [-0.2, -0.15) is 0 Å². The second-order valence-corrected chi connectivity index (χ2v) is 11.2. The number of nitrogens with zero attached hydrogens (tertiary/aromatic N) is 1. The Morgan fingerprint density at radius 2 is 1.85 bits per heavy atom. The number of primary amides is 1. The summed E-state index contributed by atoms with van der Waals surface area (Å²) in [6.07, 6.45) is 11.8. The number of amides is 1. The average molecular weight is 534 g/mol. The third-order valence-corrected chi connectivity index (χ3v) is 8.51. The lowest BCUT2D eigenvalue weighted by molar-refractivity contribution is -0.141. The van der Waals surface area contributed by atoms with Gasteiger partial charge in [-0.25, -0.2) is 0 Å². The molecule has 1 saturated heterocycles. The molecule has 2 aliphatic carbocycles. The predicted molar refractivity (Wildman–Crippen MR) is 147 cm³/mol. The van der Waals surface area contributed by atoms with Crippen LogP contribution in [0.15, 0.2) is 59.5 Å². The molecule has 3 N–H and O–H groups in total. The smallest absolute Gasteiger partial charge is 0.305 e. The van der Waals surface area contributed by atoms with E-state index in [1.54, 1.807) is 11.0 Å². The fraction of sp³-hybridized carbons (Fsp3) is 0.516. The van der Waals surface area contributed by atoms with E-state index in [4.69, 9.17) is 15.2 Å². The van der Waals surface area contributed by atoms with Crippen molar-refractivity contribution in [3.63, 3.8) is 0 Å². The molecule has 39 heavy (non-hydrogen) atoms. The highest BCUT2D eigenvalue weighted by Crippen LogP contribution is 2.44. The average Bonchev–Trinajstić information content (AvgIpc) is 3.68. The van der Waals surface area contributed by atoms with Gasteiger partial charge in [0.25, 0.3) is 0 Å². The number of allylic oxidation sites excluding steroid dienone is 2. The van der Waals surface area contributed by atoms with E-state index in [2.05, 4.69) is 29.6 Å². The maximum atomic E-state index is 12.8. The van der Waals surface area contributed by atoms with Gasteiger partial charge in [-0.1, -0.05) is 37.1 Å². The minimum Gasteiger partial charge on any atom is -0.484 e. The van der Waals surface area contributed by atoms with Crippen LogP contribution in [0.1, 0.15) is 62.0 Å². The van der Waals surface area contributed by atoms with Crippen molar-refractivity contribution in [2.45, 2.75) is 63.5 Å². The van der Waals surface area contributed by atoms with Gasteiger partial charge in [0.15, 0.2) is 5.76 Å². The van der Waals surface area contributed by atoms with Crippen LogP contribution in [0.3, 0.4) is 0 Å². The Labute approximate surface area is 230 Å². The first kappa shape index (κ1) is 27.2. The summed E-state index contributed by atoms with van der Waals surface area (Å²) in [6, 6.07) is 8.05. The van der Waals surface area contributed by atoms with Crippen LogP contribution in [-0.4, -0.2) is 55.3 Å². The third-order valence-electron chi connectivity index (χ3n) is 8.51. The number of carbonyl (C=O) groups is 3. The minimum absolute atomic E-state index is 0.0795. The van der Waals surface area contributed by atoms with Gasteiger partial charge in [0.1, 0.15) is 12.6 Å². The Hall–Kier alpha value is -3.39. The second kappa shape index (κ2) is 12.2. The summed E-state index contributed by atoms with van der Waals surface area (Å²) in [5.41, 5.74) is 9.62. The zero-order valence-corrected chi connectivity index (χ0v) is 22.7. The van der Waals surface area contributed by atoms with Gasteiger partial charge in [-0.3, -0.25) is 14.4 Å². The molecule has 2 atom stereocenters. The fourth-order valence-electron chi connectivity index (χ4n) is 6.08. The largest absolute Gasteiger partial charge is 0.484 e. The Kier molecular flexibility index (Phi) is 8.50. The summed E-state index contributed by atoms with van der Waals surface area (Å²) in [6.45, 7) is 2.82. The van der Waals surface area contributed by atoms with Gasteiger partial charge in [0, 0.05) is 24.7 Å². The molecule has 2 aliphatic heterocycles. The topological polar surface area (TPSA) is 111 Å². The standard InChI is InChI=1S/C31H39N3O5/c1-38-29(36)11-9-27(31(32)37)34-17-24-8-10-28(35)30(26(24)18-34)39-19-21-4-6-22(7-5-21)25(16-20-2-3-20)23-12-14-33-15-13-23/h4-8,10,17,20,23,25,27,33H,2-3,9,11-16,18-19H2,1H3,(H2,32,37). The second-order valence-electron chi connectivity index (χ2n) is 11.2. The summed E-state index contributed by atoms with van der Waals surface area (Å²) in [7, 11) is 1.31. The molecule has 0 bridgehead atoms. The molecule has 0 aromatic heterocycles. The Morgan fingerprint density at radius 1 is 1.10 bits per heavy atom. The molecule has 4 aliphatic rings. The zero-order chi connectivity index (χ0) is 27.4. The van der Waals surface area contributed by atoms with Crippen LogP contribution in [0.5, 0.6) is 0 Å². The van der Waals surface area contributed by atoms with E-state index in [1.807, 2.05) is 6.20 Å². The molecule has 1 saturated carbocycles. The molecule has 8 nitrogen and oxygen atoms in total. The number of hydrogen-bond donors (Lipinski definition) is 2. The van der Waals surface area contributed by atoms with Crippen molar-refractivity contribution in [3.8, 4) is 0 Å². The summed E-state index contributed by atoms with van der Waals surface area (Å²) in [4.78, 5) is 38.3. The summed E-state index contributed by atoms with van der Waals surface area (Å²) < 4.78 is 10.8. The monoisotopic (exact) mass is 533 g/mol. The van der Waals surface area contributed by atoms with E-state index in [1.165, 1.54) is 50.9 Å². The van der Waals surface area contributed by atoms with E-state index in [0.717, 1.165) is 41.6 Å². The summed E-state index contributed by atoms with van der Waals surface area (Å²) >= 11 is 0. The van der Waals surface area contributed by atoms with Crippen molar-refractivity contribution in [2.24, 2.45) is 17.6 Å². The van der Waals surface area contributed by atoms with Crippen molar-refractivity contribution in [1.82, 2.24) is 10.2 Å². The Bertz CT molecular complexity index is 1180. The van der Waals surface area contributed by atoms with Crippen LogP contribution < -0.4 is 11.1 Å². The highest BCUT2D eigenvalue weighted by atomic mass is 16.5. The SMILES string of the molecule is COC(=O)CCC(C(N)=O)N1C=C2C=CC(=O)C(OCc3ccc(C(CC4CC4)C4CCNCC4)cc3)=C2C1. The molecule has 2 fully saturated rings. The van der Waals surface area contributed by atoms with Gasteiger partial charge in [-0.15, -0.1) is 0 Å². The molecular formula is C31H39N3O5. The lowest BCUT2D eigenvalue weighted by Crippen LogP contribution is -2.41. The van der Waals surface area contributed by atoms with E-state index >= 15 is 0 Å². The highest BCUT2D eigenvalue weighted by Gasteiger charge is 2.34. The van der Waals surface area contributed by atoms with Crippen LogP contribution in [0.2, 0.25) is 0 Å². The molecule has 1 amide bonds. The molecule has 0 spiro atoms. The number of rotatable bonds is 12. The van der Waals surface area contributed by atoms with Crippen LogP contribution in [0, 0.1) is 11.8 Å². The molecule has 8 heteroatoms. The molecule has 2 unspecified atom stereocenters. The summed E-state index contributed by atoms with van der Waals surface area (Å²) in [5.74, 6) is 1.41. The quantitative estimate of drug-likeness (QED) is 0.396. The van der Waals surface area contributed by atoms with Crippen molar-refractivity contribution in [2.75, 3.05) is 26.7 Å². The lowest BCUT2D eigenvalue weighted by Gasteiger charge is -2.31. The van der Waals surface area contributed by atoms with Gasteiger partial charge >= 0.3 is 5.97 Å². The van der Waals surface area contributed by atoms with Crippen molar-refractivity contribution < 1.29 is 23.9 Å². The molecule has 5 rings (SSSR count). The molecule has 1 aromatic rings. The van der Waals surface area contributed by atoms with Crippen LogP contribution >= 0.6 is 0 Å². The number of nitrogens with two attached hydrogens (primary N) is 1. The van der Waals surface area contributed by atoms with Crippen molar-refractivity contribution >= 4 is 17.7 Å². The predicted octanol–water partition coefficient (Wildman–Crippen LogP) is 3.49. The number of piperidine rings is 1. The maximum Gasteiger partial charge on any atom is 0.305 e. The normalized spacial score (nSPS) is 20.9.